The molecule has 0 unspecified atom stereocenters. The third-order valence-corrected chi connectivity index (χ3v) is 3.29. The quantitative estimate of drug-likeness (QED) is 0.882. The van der Waals surface area contributed by atoms with Gasteiger partial charge in [-0.3, -0.25) is 14.6 Å². The van der Waals surface area contributed by atoms with Crippen LogP contribution in [0.1, 0.15) is 12.5 Å². The highest BCUT2D eigenvalue weighted by Crippen LogP contribution is 2.20. The molecule has 0 bridgehead atoms. The Bertz CT molecular complexity index is 674. The molecule has 1 aromatic carbocycles. The first-order valence-electron chi connectivity index (χ1n) is 7.18. The Morgan fingerprint density at radius 2 is 1.96 bits per heavy atom. The Balaban J connectivity index is 2.01. The number of methoxy groups -OCH3 is 1. The van der Waals surface area contributed by atoms with E-state index in [1.807, 2.05) is 12.1 Å². The van der Waals surface area contributed by atoms with Crippen LogP contribution in [0.15, 0.2) is 48.8 Å². The van der Waals surface area contributed by atoms with Crippen molar-refractivity contribution in [2.24, 2.45) is 0 Å². The number of nitrogens with zero attached hydrogens (tertiary/aromatic N) is 2. The summed E-state index contributed by atoms with van der Waals surface area (Å²) in [4.78, 5) is 29.3. The van der Waals surface area contributed by atoms with Crippen LogP contribution in [0.4, 0.5) is 5.69 Å². The third kappa shape index (κ3) is 4.81. The molecule has 0 aliphatic heterocycles. The summed E-state index contributed by atoms with van der Waals surface area (Å²) in [6.45, 7) is 1.77. The molecule has 2 aromatic rings. The molecule has 0 saturated carbocycles. The molecule has 2 rings (SSSR count). The Morgan fingerprint density at radius 3 is 2.61 bits per heavy atom. The van der Waals surface area contributed by atoms with Crippen LogP contribution in [0.2, 0.25) is 0 Å². The lowest BCUT2D eigenvalue weighted by molar-refractivity contribution is -0.123. The topological polar surface area (TPSA) is 71.5 Å². The van der Waals surface area contributed by atoms with Crippen LogP contribution < -0.4 is 15.0 Å². The van der Waals surface area contributed by atoms with E-state index in [9.17, 15) is 9.59 Å². The molecular weight excluding hydrogens is 294 g/mol. The fourth-order valence-electron chi connectivity index (χ4n) is 2.06. The average molecular weight is 313 g/mol. The maximum atomic E-state index is 12.1. The standard InChI is InChI=1S/C17H19N3O3/c1-13(21)20(15-4-3-5-16(10-15)23-2)12-17(22)19-11-14-6-8-18-9-7-14/h3-10H,11-12H2,1-2H3,(H,19,22). The van der Waals surface area contributed by atoms with Gasteiger partial charge in [0, 0.05) is 37.6 Å². The van der Waals surface area contributed by atoms with Crippen molar-refractivity contribution in [3.05, 3.63) is 54.4 Å². The van der Waals surface area contributed by atoms with Crippen LogP contribution in [-0.2, 0) is 16.1 Å². The van der Waals surface area contributed by atoms with E-state index in [1.165, 1.54) is 11.8 Å². The molecule has 0 aliphatic rings. The van der Waals surface area contributed by atoms with Crippen LogP contribution in [0.3, 0.4) is 0 Å². The second-order valence-corrected chi connectivity index (χ2v) is 4.94. The van der Waals surface area contributed by atoms with Gasteiger partial charge < -0.3 is 15.0 Å². The first kappa shape index (κ1) is 16.5. The van der Waals surface area contributed by atoms with E-state index >= 15 is 0 Å². The summed E-state index contributed by atoms with van der Waals surface area (Å²) in [5.74, 6) is 0.183. The summed E-state index contributed by atoms with van der Waals surface area (Å²) in [5, 5.41) is 2.79. The summed E-state index contributed by atoms with van der Waals surface area (Å²) >= 11 is 0. The number of rotatable bonds is 6. The molecule has 0 saturated heterocycles. The SMILES string of the molecule is COc1cccc(N(CC(=O)NCc2ccncc2)C(C)=O)c1. The molecule has 1 heterocycles. The predicted octanol–water partition coefficient (Wildman–Crippen LogP) is 1.76. The van der Waals surface area contributed by atoms with Gasteiger partial charge in [0.05, 0.1) is 7.11 Å². The van der Waals surface area contributed by atoms with E-state index in [0.717, 1.165) is 5.56 Å². The van der Waals surface area contributed by atoms with Crippen molar-refractivity contribution in [1.82, 2.24) is 10.3 Å². The number of benzene rings is 1. The third-order valence-electron chi connectivity index (χ3n) is 3.29. The lowest BCUT2D eigenvalue weighted by Crippen LogP contribution is -2.39. The number of anilines is 1. The van der Waals surface area contributed by atoms with Gasteiger partial charge in [-0.05, 0) is 29.8 Å². The second-order valence-electron chi connectivity index (χ2n) is 4.94. The van der Waals surface area contributed by atoms with E-state index in [1.54, 1.807) is 43.8 Å². The minimum Gasteiger partial charge on any atom is -0.497 e. The normalized spacial score (nSPS) is 10.0. The van der Waals surface area contributed by atoms with Gasteiger partial charge in [-0.15, -0.1) is 0 Å². The summed E-state index contributed by atoms with van der Waals surface area (Å²) < 4.78 is 5.15. The molecule has 6 heteroatoms. The molecule has 0 radical (unpaired) electrons. The van der Waals surface area contributed by atoms with E-state index < -0.39 is 0 Å². The van der Waals surface area contributed by atoms with Gasteiger partial charge >= 0.3 is 0 Å². The van der Waals surface area contributed by atoms with Gasteiger partial charge in [-0.2, -0.15) is 0 Å². The molecule has 1 N–H and O–H groups in total. The zero-order valence-electron chi connectivity index (χ0n) is 13.2. The van der Waals surface area contributed by atoms with Gasteiger partial charge in [0.15, 0.2) is 0 Å². The van der Waals surface area contributed by atoms with E-state index in [0.29, 0.717) is 18.0 Å². The minimum atomic E-state index is -0.236. The molecule has 0 atom stereocenters. The van der Waals surface area contributed by atoms with Crippen LogP contribution in [0.5, 0.6) is 5.75 Å². The predicted molar refractivity (Wildman–Crippen MR) is 87.1 cm³/mol. The molecule has 0 fully saturated rings. The van der Waals surface area contributed by atoms with Crippen molar-refractivity contribution in [3.63, 3.8) is 0 Å². The van der Waals surface area contributed by atoms with Gasteiger partial charge in [0.2, 0.25) is 11.8 Å². The largest absolute Gasteiger partial charge is 0.497 e. The highest BCUT2D eigenvalue weighted by molar-refractivity contribution is 5.97. The Hall–Kier alpha value is -2.89. The van der Waals surface area contributed by atoms with E-state index in [2.05, 4.69) is 10.3 Å². The lowest BCUT2D eigenvalue weighted by atomic mass is 10.2. The zero-order valence-corrected chi connectivity index (χ0v) is 13.2. The van der Waals surface area contributed by atoms with Crippen molar-refractivity contribution in [2.75, 3.05) is 18.6 Å². The van der Waals surface area contributed by atoms with Gasteiger partial charge in [0.25, 0.3) is 0 Å². The molecule has 120 valence electrons. The summed E-state index contributed by atoms with van der Waals surface area (Å²) in [7, 11) is 1.55. The number of nitrogens with one attached hydrogen (secondary N) is 1. The molecule has 0 spiro atoms. The average Bonchev–Trinajstić information content (AvgIpc) is 2.58. The summed E-state index contributed by atoms with van der Waals surface area (Å²) in [6.07, 6.45) is 3.33. The fourth-order valence-corrected chi connectivity index (χ4v) is 2.06. The Morgan fingerprint density at radius 1 is 1.22 bits per heavy atom. The Kier molecular flexibility index (Phi) is 5.68. The van der Waals surface area contributed by atoms with Gasteiger partial charge in [-0.1, -0.05) is 6.07 Å². The number of amides is 2. The van der Waals surface area contributed by atoms with Crippen LogP contribution in [0, 0.1) is 0 Å². The number of carbonyl (C=O) groups excluding carboxylic acids is 2. The van der Waals surface area contributed by atoms with Gasteiger partial charge in [0.1, 0.15) is 12.3 Å². The van der Waals surface area contributed by atoms with Gasteiger partial charge in [-0.25, -0.2) is 0 Å². The van der Waals surface area contributed by atoms with Crippen LogP contribution in [-0.4, -0.2) is 30.5 Å². The molecule has 6 nitrogen and oxygen atoms in total. The van der Waals surface area contributed by atoms with Crippen molar-refractivity contribution in [2.45, 2.75) is 13.5 Å². The molecular formula is C17H19N3O3. The van der Waals surface area contributed by atoms with Crippen molar-refractivity contribution in [3.8, 4) is 5.75 Å². The number of pyridine rings is 1. The highest BCUT2D eigenvalue weighted by atomic mass is 16.5. The maximum Gasteiger partial charge on any atom is 0.240 e. The minimum absolute atomic E-state index is 0.0480. The summed E-state index contributed by atoms with van der Waals surface area (Å²) in [5.41, 5.74) is 1.57. The first-order chi connectivity index (χ1) is 11.1. The zero-order chi connectivity index (χ0) is 16.7. The summed E-state index contributed by atoms with van der Waals surface area (Å²) in [6, 6.07) is 10.7. The first-order valence-corrected chi connectivity index (χ1v) is 7.18. The molecule has 1 aromatic heterocycles. The lowest BCUT2D eigenvalue weighted by Gasteiger charge is -2.21. The molecule has 2 amide bonds. The second kappa shape index (κ2) is 7.93. The van der Waals surface area contributed by atoms with Crippen molar-refractivity contribution >= 4 is 17.5 Å². The van der Waals surface area contributed by atoms with Crippen molar-refractivity contribution in [1.29, 1.82) is 0 Å². The highest BCUT2D eigenvalue weighted by Gasteiger charge is 2.16. The smallest absolute Gasteiger partial charge is 0.240 e. The van der Waals surface area contributed by atoms with Crippen LogP contribution >= 0.6 is 0 Å². The monoisotopic (exact) mass is 313 g/mol. The molecule has 0 aliphatic carbocycles. The van der Waals surface area contributed by atoms with Crippen molar-refractivity contribution < 1.29 is 14.3 Å². The Labute approximate surface area is 135 Å². The number of hydrogen-bond donors (Lipinski definition) is 1. The number of hydrogen-bond acceptors (Lipinski definition) is 4. The number of carbonyl (C=O) groups is 2. The van der Waals surface area contributed by atoms with Crippen LogP contribution in [0.25, 0.3) is 0 Å². The van der Waals surface area contributed by atoms with E-state index in [4.69, 9.17) is 4.74 Å². The maximum absolute atomic E-state index is 12.1. The van der Waals surface area contributed by atoms with E-state index in [-0.39, 0.29) is 18.4 Å². The number of ether oxygens (including phenoxy) is 1. The number of aromatic nitrogens is 1. The fraction of sp³-hybridized carbons (Fsp3) is 0.235. The molecule has 23 heavy (non-hydrogen) atoms.